The number of nitrogens with two attached hydrogens (primary N) is 2. The van der Waals surface area contributed by atoms with Gasteiger partial charge in [-0.1, -0.05) is 0 Å². The van der Waals surface area contributed by atoms with Crippen molar-refractivity contribution in [2.75, 3.05) is 0 Å². The first kappa shape index (κ1) is 10.3. The predicted molar refractivity (Wildman–Crippen MR) is 44.9 cm³/mol. The number of hydrogen-bond donors (Lipinski definition) is 3. The number of rotatable bonds is 1. The molecule has 0 spiro atoms. The summed E-state index contributed by atoms with van der Waals surface area (Å²) in [6, 6.07) is 1.68. The number of nitrogens with one attached hydrogen (secondary N) is 1. The van der Waals surface area contributed by atoms with Gasteiger partial charge in [0.15, 0.2) is 17.5 Å². The van der Waals surface area contributed by atoms with Gasteiger partial charge >= 0.3 is 0 Å². The molecule has 1 aromatic rings. The molecule has 0 bridgehead atoms. The van der Waals surface area contributed by atoms with Gasteiger partial charge in [-0.25, -0.2) is 24.0 Å². The van der Waals surface area contributed by atoms with E-state index in [9.17, 15) is 13.2 Å². The largest absolute Gasteiger partial charge is 0.369 e. The van der Waals surface area contributed by atoms with Crippen LogP contribution in [-0.2, 0) is 0 Å². The van der Waals surface area contributed by atoms with Gasteiger partial charge in [0.2, 0.25) is 5.96 Å². The zero-order valence-corrected chi connectivity index (χ0v) is 6.89. The average molecular weight is 204 g/mol. The Labute approximate surface area is 77.4 Å². The molecule has 0 aliphatic heterocycles. The van der Waals surface area contributed by atoms with Crippen LogP contribution in [0.4, 0.5) is 18.9 Å². The molecule has 4 nitrogen and oxygen atoms in total. The second kappa shape index (κ2) is 3.97. The smallest absolute Gasteiger partial charge is 0.208 e. The Morgan fingerprint density at radius 1 is 1.21 bits per heavy atom. The van der Waals surface area contributed by atoms with Crippen molar-refractivity contribution in [1.82, 2.24) is 5.43 Å². The van der Waals surface area contributed by atoms with E-state index < -0.39 is 23.1 Å². The number of guanidine groups is 1. The number of hydrogen-bond acceptors (Lipinski definition) is 2. The highest BCUT2D eigenvalue weighted by atomic mass is 19.2. The zero-order chi connectivity index (χ0) is 10.7. The van der Waals surface area contributed by atoms with Gasteiger partial charge in [0, 0.05) is 0 Å². The number of halogens is 3. The van der Waals surface area contributed by atoms with Crippen molar-refractivity contribution in [3.63, 3.8) is 0 Å². The van der Waals surface area contributed by atoms with Crippen LogP contribution in [0.3, 0.4) is 0 Å². The van der Waals surface area contributed by atoms with E-state index in [0.29, 0.717) is 0 Å². The summed E-state index contributed by atoms with van der Waals surface area (Å²) in [5.74, 6) is 0.226. The highest BCUT2D eigenvalue weighted by molar-refractivity contribution is 5.80. The molecule has 0 saturated heterocycles. The average Bonchev–Trinajstić information content (AvgIpc) is 2.19. The summed E-state index contributed by atoms with van der Waals surface area (Å²) >= 11 is 0. The molecule has 0 saturated carbocycles. The quantitative estimate of drug-likeness (QED) is 0.205. The van der Waals surface area contributed by atoms with Crippen molar-refractivity contribution in [2.45, 2.75) is 0 Å². The summed E-state index contributed by atoms with van der Waals surface area (Å²) in [6.07, 6.45) is 0. The Morgan fingerprint density at radius 3 is 2.43 bits per heavy atom. The molecule has 1 rings (SSSR count). The van der Waals surface area contributed by atoms with Crippen LogP contribution in [0, 0.1) is 17.5 Å². The highest BCUT2D eigenvalue weighted by Crippen LogP contribution is 2.21. The Hall–Kier alpha value is -1.76. The number of aliphatic imine (C=N–C) groups is 1. The fourth-order valence-electron chi connectivity index (χ4n) is 0.764. The lowest BCUT2D eigenvalue weighted by Gasteiger charge is -2.01. The minimum Gasteiger partial charge on any atom is -0.369 e. The summed E-state index contributed by atoms with van der Waals surface area (Å²) in [5.41, 5.74) is 6.58. The van der Waals surface area contributed by atoms with E-state index in [-0.39, 0.29) is 5.96 Å². The number of hydrazine groups is 1. The number of nitrogens with zero attached hydrogens (tertiary/aromatic N) is 1. The molecule has 5 N–H and O–H groups in total. The van der Waals surface area contributed by atoms with Gasteiger partial charge in [-0.2, -0.15) is 0 Å². The normalized spacial score (nSPS) is 11.6. The fraction of sp³-hybridized carbons (Fsp3) is 0. The SMILES string of the molecule is NNC(N)=Nc1ccc(F)c(F)c1F. The van der Waals surface area contributed by atoms with Crippen molar-refractivity contribution >= 4 is 11.6 Å². The Balaban J connectivity index is 3.18. The summed E-state index contributed by atoms with van der Waals surface area (Å²) in [4.78, 5) is 3.36. The van der Waals surface area contributed by atoms with Crippen LogP contribution >= 0.6 is 0 Å². The van der Waals surface area contributed by atoms with E-state index in [4.69, 9.17) is 11.6 Å². The second-order valence-corrected chi connectivity index (χ2v) is 2.34. The van der Waals surface area contributed by atoms with Crippen molar-refractivity contribution < 1.29 is 13.2 Å². The Bertz CT molecular complexity index is 377. The molecular formula is C7H7F3N4. The molecule has 0 fully saturated rings. The van der Waals surface area contributed by atoms with Gasteiger partial charge < -0.3 is 5.73 Å². The molecule has 0 aromatic heterocycles. The summed E-state index contributed by atoms with van der Waals surface area (Å²) in [6.45, 7) is 0. The lowest BCUT2D eigenvalue weighted by molar-refractivity contribution is 0.448. The first-order chi connectivity index (χ1) is 6.56. The molecular weight excluding hydrogens is 197 g/mol. The van der Waals surface area contributed by atoms with E-state index >= 15 is 0 Å². The van der Waals surface area contributed by atoms with Crippen LogP contribution in [0.15, 0.2) is 17.1 Å². The molecule has 0 atom stereocenters. The molecule has 0 aliphatic carbocycles. The van der Waals surface area contributed by atoms with E-state index in [1.165, 1.54) is 0 Å². The third-order valence-electron chi connectivity index (χ3n) is 1.40. The summed E-state index contributed by atoms with van der Waals surface area (Å²) in [7, 11) is 0. The Morgan fingerprint density at radius 2 is 1.86 bits per heavy atom. The maximum Gasteiger partial charge on any atom is 0.208 e. The molecule has 0 unspecified atom stereocenters. The van der Waals surface area contributed by atoms with Crippen molar-refractivity contribution in [3.05, 3.63) is 29.6 Å². The third-order valence-corrected chi connectivity index (χ3v) is 1.40. The van der Waals surface area contributed by atoms with E-state index in [1.54, 1.807) is 0 Å². The molecule has 14 heavy (non-hydrogen) atoms. The number of benzene rings is 1. The van der Waals surface area contributed by atoms with E-state index in [1.807, 2.05) is 5.43 Å². The first-order valence-corrected chi connectivity index (χ1v) is 3.50. The first-order valence-electron chi connectivity index (χ1n) is 3.50. The standard InChI is InChI=1S/C7H7F3N4/c8-3-1-2-4(6(10)5(3)9)13-7(11)14-12/h1-2H,12H2,(H3,11,13,14). The summed E-state index contributed by atoms with van der Waals surface area (Å²) < 4.78 is 38.0. The molecule has 0 aliphatic rings. The molecule has 76 valence electrons. The molecule has 0 amide bonds. The maximum atomic E-state index is 12.9. The molecule has 0 radical (unpaired) electrons. The minimum atomic E-state index is -1.60. The van der Waals surface area contributed by atoms with Crippen LogP contribution in [0.5, 0.6) is 0 Å². The monoisotopic (exact) mass is 204 g/mol. The fourth-order valence-corrected chi connectivity index (χ4v) is 0.764. The second-order valence-electron chi connectivity index (χ2n) is 2.34. The van der Waals surface area contributed by atoms with E-state index in [0.717, 1.165) is 12.1 Å². The Kier molecular flexibility index (Phi) is 2.92. The van der Waals surface area contributed by atoms with Crippen molar-refractivity contribution in [3.8, 4) is 0 Å². The molecule has 0 heterocycles. The van der Waals surface area contributed by atoms with Crippen LogP contribution in [0.25, 0.3) is 0 Å². The maximum absolute atomic E-state index is 12.9. The van der Waals surface area contributed by atoms with Gasteiger partial charge in [0.1, 0.15) is 5.69 Å². The third kappa shape index (κ3) is 1.94. The topological polar surface area (TPSA) is 76.4 Å². The van der Waals surface area contributed by atoms with Crippen LogP contribution in [-0.4, -0.2) is 5.96 Å². The van der Waals surface area contributed by atoms with E-state index in [2.05, 4.69) is 4.99 Å². The molecule has 1 aromatic carbocycles. The molecule has 7 heteroatoms. The van der Waals surface area contributed by atoms with Gasteiger partial charge in [-0.05, 0) is 12.1 Å². The zero-order valence-electron chi connectivity index (χ0n) is 6.89. The van der Waals surface area contributed by atoms with Crippen molar-refractivity contribution in [1.29, 1.82) is 0 Å². The lowest BCUT2D eigenvalue weighted by atomic mass is 10.3. The van der Waals surface area contributed by atoms with Crippen LogP contribution in [0.2, 0.25) is 0 Å². The van der Waals surface area contributed by atoms with Gasteiger partial charge in [0.05, 0.1) is 0 Å². The van der Waals surface area contributed by atoms with Crippen molar-refractivity contribution in [2.24, 2.45) is 16.6 Å². The lowest BCUT2D eigenvalue weighted by Crippen LogP contribution is -2.36. The van der Waals surface area contributed by atoms with Crippen LogP contribution < -0.4 is 17.0 Å². The van der Waals surface area contributed by atoms with Crippen LogP contribution in [0.1, 0.15) is 0 Å². The summed E-state index contributed by atoms with van der Waals surface area (Å²) in [5, 5.41) is 0. The van der Waals surface area contributed by atoms with Gasteiger partial charge in [-0.3, -0.25) is 5.43 Å². The van der Waals surface area contributed by atoms with Gasteiger partial charge in [0.25, 0.3) is 0 Å². The predicted octanol–water partition coefficient (Wildman–Crippen LogP) is 0.513. The minimum absolute atomic E-state index is 0.310. The highest BCUT2D eigenvalue weighted by Gasteiger charge is 2.12. The van der Waals surface area contributed by atoms with Gasteiger partial charge in [-0.15, -0.1) is 0 Å².